The molecule has 0 aliphatic carbocycles. The summed E-state index contributed by atoms with van der Waals surface area (Å²) in [5, 5.41) is 2.27. The van der Waals surface area contributed by atoms with Crippen LogP contribution in [-0.4, -0.2) is 50.6 Å². The highest BCUT2D eigenvalue weighted by molar-refractivity contribution is 7.90. The highest BCUT2D eigenvalue weighted by Crippen LogP contribution is 2.25. The maximum Gasteiger partial charge on any atom is 0.306 e. The summed E-state index contributed by atoms with van der Waals surface area (Å²) >= 11 is 10.9. The van der Waals surface area contributed by atoms with Crippen molar-refractivity contribution in [2.45, 2.75) is 34.7 Å². The highest BCUT2D eigenvalue weighted by Gasteiger charge is 2.30. The summed E-state index contributed by atoms with van der Waals surface area (Å²) in [6, 6.07) is 4.10. The van der Waals surface area contributed by atoms with Gasteiger partial charge in [0, 0.05) is 12.7 Å². The topological polar surface area (TPSA) is 116 Å². The van der Waals surface area contributed by atoms with Crippen LogP contribution >= 0.6 is 23.2 Å². The van der Waals surface area contributed by atoms with Crippen LogP contribution in [0.2, 0.25) is 0 Å². The van der Waals surface area contributed by atoms with Crippen LogP contribution in [0.15, 0.2) is 29.2 Å². The van der Waals surface area contributed by atoms with Gasteiger partial charge in [-0.05, 0) is 30.7 Å². The zero-order chi connectivity index (χ0) is 20.6. The zero-order valence-electron chi connectivity index (χ0n) is 14.5. The molecule has 0 aliphatic heterocycles. The molecule has 0 saturated carbocycles. The summed E-state index contributed by atoms with van der Waals surface area (Å²) in [6.07, 6.45) is 0.217. The molecule has 0 saturated heterocycles. The molecular formula is C16H21Cl2FN2O5S. The van der Waals surface area contributed by atoms with Crippen LogP contribution < -0.4 is 11.1 Å². The van der Waals surface area contributed by atoms with Gasteiger partial charge in [-0.1, -0.05) is 35.3 Å². The van der Waals surface area contributed by atoms with Crippen molar-refractivity contribution in [1.82, 2.24) is 5.32 Å². The van der Waals surface area contributed by atoms with Crippen LogP contribution in [0.3, 0.4) is 0 Å². The number of nitrogens with one attached hydrogen (secondary N) is 1. The first-order chi connectivity index (χ1) is 12.6. The van der Waals surface area contributed by atoms with Gasteiger partial charge in [0.1, 0.15) is 12.8 Å². The van der Waals surface area contributed by atoms with Crippen LogP contribution in [0.4, 0.5) is 4.39 Å². The van der Waals surface area contributed by atoms with Gasteiger partial charge < -0.3 is 15.8 Å². The summed E-state index contributed by atoms with van der Waals surface area (Å²) < 4.78 is 42.0. The van der Waals surface area contributed by atoms with Crippen molar-refractivity contribution in [3.63, 3.8) is 0 Å². The number of alkyl halides is 3. The van der Waals surface area contributed by atoms with Crippen LogP contribution in [-0.2, 0) is 24.2 Å². The number of esters is 1. The number of amides is 1. The first-order valence-corrected chi connectivity index (χ1v) is 10.7. The van der Waals surface area contributed by atoms with E-state index >= 15 is 0 Å². The largest absolute Gasteiger partial charge is 0.455 e. The highest BCUT2D eigenvalue weighted by atomic mass is 35.5. The molecule has 0 bridgehead atoms. The standard InChI is InChI=1S/C16H21Cl2FN2O5S/c1-27(24,25)11-6-4-10(5-7-11)14(26-13(22)3-2-8-20)12(9-19)21-16(23)15(17)18/h4-7,12,14-15H,2-3,8-9,20H2,1H3,(H,21,23)/t12-,14-/m1/s1. The Labute approximate surface area is 167 Å². The molecule has 1 rings (SSSR count). The summed E-state index contributed by atoms with van der Waals surface area (Å²) in [5.41, 5.74) is 5.65. The second-order valence-corrected chi connectivity index (χ2v) is 8.83. The fourth-order valence-corrected chi connectivity index (χ4v) is 2.93. The van der Waals surface area contributed by atoms with Crippen LogP contribution in [0.25, 0.3) is 0 Å². The van der Waals surface area contributed by atoms with Crippen molar-refractivity contribution in [2.24, 2.45) is 5.73 Å². The van der Waals surface area contributed by atoms with Crippen molar-refractivity contribution >= 4 is 44.9 Å². The van der Waals surface area contributed by atoms with Gasteiger partial charge in [0.05, 0.1) is 10.9 Å². The van der Waals surface area contributed by atoms with Gasteiger partial charge in [-0.2, -0.15) is 0 Å². The maximum atomic E-state index is 13.6. The molecule has 1 aromatic rings. The third-order valence-corrected chi connectivity index (χ3v) is 5.06. The zero-order valence-corrected chi connectivity index (χ0v) is 16.9. The van der Waals surface area contributed by atoms with Crippen LogP contribution in [0.1, 0.15) is 24.5 Å². The molecule has 11 heteroatoms. The molecule has 0 heterocycles. The predicted molar refractivity (Wildman–Crippen MR) is 100 cm³/mol. The van der Waals surface area contributed by atoms with E-state index in [1.807, 2.05) is 0 Å². The Morgan fingerprint density at radius 2 is 1.85 bits per heavy atom. The predicted octanol–water partition coefficient (Wildman–Crippen LogP) is 1.67. The van der Waals surface area contributed by atoms with E-state index in [-0.39, 0.29) is 17.9 Å². The van der Waals surface area contributed by atoms with Gasteiger partial charge in [0.2, 0.25) is 0 Å². The Morgan fingerprint density at radius 1 is 1.26 bits per heavy atom. The Hall–Kier alpha value is -1.42. The average molecular weight is 443 g/mol. The number of carbonyl (C=O) groups is 2. The van der Waals surface area contributed by atoms with E-state index in [1.165, 1.54) is 24.3 Å². The number of halogens is 3. The lowest BCUT2D eigenvalue weighted by molar-refractivity contribution is -0.152. The quantitative estimate of drug-likeness (QED) is 0.420. The van der Waals surface area contributed by atoms with Gasteiger partial charge in [0.15, 0.2) is 14.7 Å². The average Bonchev–Trinajstić information content (AvgIpc) is 2.61. The number of rotatable bonds is 10. The molecule has 27 heavy (non-hydrogen) atoms. The third kappa shape index (κ3) is 7.61. The Kier molecular flexibility index (Phi) is 9.44. The van der Waals surface area contributed by atoms with Crippen LogP contribution in [0.5, 0.6) is 0 Å². The molecule has 0 fully saturated rings. The molecular weight excluding hydrogens is 422 g/mol. The minimum atomic E-state index is -3.44. The molecule has 0 aliphatic rings. The first kappa shape index (κ1) is 23.6. The van der Waals surface area contributed by atoms with Crippen molar-refractivity contribution in [3.05, 3.63) is 29.8 Å². The molecule has 7 nitrogen and oxygen atoms in total. The fraction of sp³-hybridized carbons (Fsp3) is 0.500. The lowest BCUT2D eigenvalue weighted by Crippen LogP contribution is -2.44. The minimum absolute atomic E-state index is 0.00894. The number of hydrogen-bond acceptors (Lipinski definition) is 6. The SMILES string of the molecule is CS(=O)(=O)c1ccc([C@@H](OC(=O)CCCN)[C@@H](CF)NC(=O)C(Cl)Cl)cc1. The maximum absolute atomic E-state index is 13.6. The molecule has 2 atom stereocenters. The molecule has 0 aromatic heterocycles. The fourth-order valence-electron chi connectivity index (χ4n) is 2.18. The summed E-state index contributed by atoms with van der Waals surface area (Å²) in [6.45, 7) is -0.804. The summed E-state index contributed by atoms with van der Waals surface area (Å²) in [4.78, 5) is 22.3. The molecule has 3 N–H and O–H groups in total. The van der Waals surface area contributed by atoms with E-state index in [1.54, 1.807) is 0 Å². The van der Waals surface area contributed by atoms with E-state index in [9.17, 15) is 22.4 Å². The molecule has 0 radical (unpaired) electrons. The smallest absolute Gasteiger partial charge is 0.306 e. The van der Waals surface area contributed by atoms with Crippen molar-refractivity contribution in [1.29, 1.82) is 0 Å². The van der Waals surface area contributed by atoms with Gasteiger partial charge in [-0.3, -0.25) is 9.59 Å². The molecule has 0 spiro atoms. The normalized spacial score (nSPS) is 13.9. The number of benzene rings is 1. The molecule has 1 amide bonds. The van der Waals surface area contributed by atoms with E-state index in [4.69, 9.17) is 33.7 Å². The van der Waals surface area contributed by atoms with Crippen molar-refractivity contribution in [2.75, 3.05) is 19.5 Å². The lowest BCUT2D eigenvalue weighted by atomic mass is 10.0. The van der Waals surface area contributed by atoms with Gasteiger partial charge in [0.25, 0.3) is 5.91 Å². The molecule has 0 unspecified atom stereocenters. The van der Waals surface area contributed by atoms with Gasteiger partial charge in [-0.15, -0.1) is 0 Å². The minimum Gasteiger partial charge on any atom is -0.455 e. The first-order valence-electron chi connectivity index (χ1n) is 7.94. The van der Waals surface area contributed by atoms with Gasteiger partial charge >= 0.3 is 5.97 Å². The monoisotopic (exact) mass is 442 g/mol. The Balaban J connectivity index is 3.15. The summed E-state index contributed by atoms with van der Waals surface area (Å²) in [7, 11) is -3.44. The Bertz CT molecular complexity index is 744. The number of carbonyl (C=O) groups excluding carboxylic acids is 2. The second-order valence-electron chi connectivity index (χ2n) is 5.71. The van der Waals surface area contributed by atoms with Crippen molar-refractivity contribution in [3.8, 4) is 0 Å². The number of sulfone groups is 1. The third-order valence-electron chi connectivity index (χ3n) is 3.54. The van der Waals surface area contributed by atoms with Gasteiger partial charge in [-0.25, -0.2) is 12.8 Å². The molecule has 152 valence electrons. The number of hydrogen-bond donors (Lipinski definition) is 2. The van der Waals surface area contributed by atoms with E-state index in [0.717, 1.165) is 6.26 Å². The molecule has 1 aromatic carbocycles. The van der Waals surface area contributed by atoms with E-state index in [0.29, 0.717) is 12.0 Å². The van der Waals surface area contributed by atoms with E-state index < -0.39 is 45.4 Å². The van der Waals surface area contributed by atoms with Crippen LogP contribution in [0, 0.1) is 0 Å². The number of ether oxygens (including phenoxy) is 1. The summed E-state index contributed by atoms with van der Waals surface area (Å²) in [5.74, 6) is -1.49. The number of nitrogens with two attached hydrogens (primary N) is 1. The second kappa shape index (κ2) is 10.8. The van der Waals surface area contributed by atoms with Crippen molar-refractivity contribution < 1.29 is 27.1 Å². The lowest BCUT2D eigenvalue weighted by Gasteiger charge is -2.26. The Morgan fingerprint density at radius 3 is 2.30 bits per heavy atom. The van der Waals surface area contributed by atoms with E-state index in [2.05, 4.69) is 5.32 Å².